The summed E-state index contributed by atoms with van der Waals surface area (Å²) in [5, 5.41) is 2.65. The van der Waals surface area contributed by atoms with E-state index in [1.54, 1.807) is 0 Å². The van der Waals surface area contributed by atoms with E-state index in [0.29, 0.717) is 19.4 Å². The van der Waals surface area contributed by atoms with Gasteiger partial charge in [0, 0.05) is 12.2 Å². The van der Waals surface area contributed by atoms with Gasteiger partial charge in [0.1, 0.15) is 6.04 Å². The van der Waals surface area contributed by atoms with E-state index in [1.807, 2.05) is 13.8 Å². The van der Waals surface area contributed by atoms with Crippen LogP contribution in [0.15, 0.2) is 24.3 Å². The summed E-state index contributed by atoms with van der Waals surface area (Å²) in [6.45, 7) is 4.24. The maximum atomic E-state index is 12.6. The number of hydrogen-bond donors (Lipinski definition) is 2. The highest BCUT2D eigenvalue weighted by Gasteiger charge is 2.33. The van der Waals surface area contributed by atoms with Crippen molar-refractivity contribution in [2.45, 2.75) is 38.9 Å². The Morgan fingerprint density at radius 3 is 2.58 bits per heavy atom. The predicted octanol–water partition coefficient (Wildman–Crippen LogP) is 2.62. The van der Waals surface area contributed by atoms with E-state index in [9.17, 15) is 22.8 Å². The summed E-state index contributed by atoms with van der Waals surface area (Å²) < 4.78 is 37.8. The number of alkyl halides is 3. The van der Waals surface area contributed by atoms with Crippen molar-refractivity contribution >= 4 is 17.5 Å². The number of primary amides is 1. The Balaban J connectivity index is 0.00000139. The Morgan fingerprint density at radius 1 is 1.33 bits per heavy atom. The molecule has 1 heterocycles. The van der Waals surface area contributed by atoms with E-state index in [2.05, 4.69) is 5.32 Å². The minimum absolute atomic E-state index is 0.189. The fourth-order valence-corrected chi connectivity index (χ4v) is 2.45. The molecule has 1 aliphatic rings. The zero-order valence-corrected chi connectivity index (χ0v) is 13.7. The van der Waals surface area contributed by atoms with Gasteiger partial charge in [0.15, 0.2) is 0 Å². The zero-order chi connectivity index (χ0) is 18.3. The Kier molecular flexibility index (Phi) is 7.06. The molecule has 134 valence electrons. The number of halogens is 3. The highest BCUT2D eigenvalue weighted by molar-refractivity contribution is 5.89. The molecule has 0 aromatic heterocycles. The van der Waals surface area contributed by atoms with Crippen LogP contribution in [0.1, 0.15) is 32.3 Å². The molecule has 24 heavy (non-hydrogen) atoms. The fraction of sp³-hybridized carbons (Fsp3) is 0.500. The van der Waals surface area contributed by atoms with Crippen LogP contribution in [0.2, 0.25) is 0 Å². The van der Waals surface area contributed by atoms with Gasteiger partial charge in [0.2, 0.25) is 11.8 Å². The topological polar surface area (TPSA) is 75.4 Å². The maximum Gasteiger partial charge on any atom is 0.416 e. The van der Waals surface area contributed by atoms with Crippen molar-refractivity contribution in [1.82, 2.24) is 4.90 Å². The first kappa shape index (κ1) is 19.8. The van der Waals surface area contributed by atoms with Crippen LogP contribution in [-0.2, 0) is 15.8 Å². The molecule has 2 amide bonds. The molecule has 1 aliphatic heterocycles. The molecular formula is C16H22F3N3O2. The summed E-state index contributed by atoms with van der Waals surface area (Å²) in [6, 6.07) is 3.96. The largest absolute Gasteiger partial charge is 0.416 e. The first-order chi connectivity index (χ1) is 11.3. The normalized spacial score (nSPS) is 17.0. The molecule has 2 rings (SSSR count). The number of rotatable bonds is 4. The lowest BCUT2D eigenvalue weighted by Crippen LogP contribution is -2.45. The highest BCUT2D eigenvalue weighted by atomic mass is 19.4. The van der Waals surface area contributed by atoms with Gasteiger partial charge in [-0.2, -0.15) is 13.2 Å². The Bertz CT molecular complexity index is 576. The van der Waals surface area contributed by atoms with Crippen molar-refractivity contribution in [3.05, 3.63) is 29.8 Å². The number of nitrogens with one attached hydrogen (secondary N) is 1. The molecule has 1 aromatic carbocycles. The zero-order valence-electron chi connectivity index (χ0n) is 13.7. The average Bonchev–Trinajstić information content (AvgIpc) is 3.04. The molecule has 8 heteroatoms. The SMILES string of the molecule is CC.NC(=O)C1CCCN1C(=O)CNc1cccc(C(F)(F)F)c1. The van der Waals surface area contributed by atoms with Gasteiger partial charge in [-0.25, -0.2) is 0 Å². The number of nitrogens with two attached hydrogens (primary N) is 1. The standard InChI is InChI=1S/C14H16F3N3O2.C2H6/c15-14(16,17)9-3-1-4-10(7-9)19-8-12(21)20-6-2-5-11(20)13(18)22;1-2/h1,3-4,7,11,19H,2,5-6,8H2,(H2,18,22);1-2H3. The van der Waals surface area contributed by atoms with Crippen molar-refractivity contribution in [2.75, 3.05) is 18.4 Å². The van der Waals surface area contributed by atoms with E-state index < -0.39 is 23.7 Å². The Hall–Kier alpha value is -2.25. The molecule has 0 radical (unpaired) electrons. The third kappa shape index (κ3) is 5.14. The van der Waals surface area contributed by atoms with E-state index in [0.717, 1.165) is 12.1 Å². The monoisotopic (exact) mass is 345 g/mol. The molecule has 1 fully saturated rings. The number of amides is 2. The number of carbonyl (C=O) groups is 2. The number of hydrogen-bond acceptors (Lipinski definition) is 3. The fourth-order valence-electron chi connectivity index (χ4n) is 2.45. The molecule has 5 nitrogen and oxygen atoms in total. The molecule has 0 spiro atoms. The third-order valence-corrected chi connectivity index (χ3v) is 3.54. The predicted molar refractivity (Wildman–Crippen MR) is 85.2 cm³/mol. The first-order valence-electron chi connectivity index (χ1n) is 7.79. The Labute approximate surface area is 139 Å². The molecule has 1 unspecified atom stereocenters. The maximum absolute atomic E-state index is 12.6. The molecule has 0 saturated carbocycles. The second-order valence-electron chi connectivity index (χ2n) is 5.08. The van der Waals surface area contributed by atoms with Crippen LogP contribution in [0, 0.1) is 0 Å². The van der Waals surface area contributed by atoms with Gasteiger partial charge in [-0.15, -0.1) is 0 Å². The number of anilines is 1. The lowest BCUT2D eigenvalue weighted by Gasteiger charge is -2.22. The van der Waals surface area contributed by atoms with Gasteiger partial charge in [-0.05, 0) is 31.0 Å². The number of carbonyl (C=O) groups excluding carboxylic acids is 2. The number of benzene rings is 1. The van der Waals surface area contributed by atoms with Crippen LogP contribution in [-0.4, -0.2) is 35.8 Å². The second-order valence-corrected chi connectivity index (χ2v) is 5.08. The highest BCUT2D eigenvalue weighted by Crippen LogP contribution is 2.30. The molecule has 3 N–H and O–H groups in total. The van der Waals surface area contributed by atoms with Gasteiger partial charge >= 0.3 is 6.18 Å². The Morgan fingerprint density at radius 2 is 2.00 bits per heavy atom. The van der Waals surface area contributed by atoms with Gasteiger partial charge in [0.05, 0.1) is 12.1 Å². The van der Waals surface area contributed by atoms with Crippen LogP contribution in [0.3, 0.4) is 0 Å². The van der Waals surface area contributed by atoms with E-state index >= 15 is 0 Å². The third-order valence-electron chi connectivity index (χ3n) is 3.54. The number of likely N-dealkylation sites (tertiary alicyclic amines) is 1. The van der Waals surface area contributed by atoms with Crippen molar-refractivity contribution < 1.29 is 22.8 Å². The molecule has 1 aromatic rings. The first-order valence-corrected chi connectivity index (χ1v) is 7.79. The second kappa shape index (κ2) is 8.56. The lowest BCUT2D eigenvalue weighted by atomic mass is 10.2. The van der Waals surface area contributed by atoms with Crippen LogP contribution < -0.4 is 11.1 Å². The van der Waals surface area contributed by atoms with Crippen LogP contribution >= 0.6 is 0 Å². The minimum Gasteiger partial charge on any atom is -0.376 e. The summed E-state index contributed by atoms with van der Waals surface area (Å²) in [4.78, 5) is 24.6. The van der Waals surface area contributed by atoms with Crippen molar-refractivity contribution in [3.8, 4) is 0 Å². The molecule has 1 saturated heterocycles. The van der Waals surface area contributed by atoms with E-state index in [1.165, 1.54) is 17.0 Å². The van der Waals surface area contributed by atoms with E-state index in [4.69, 9.17) is 5.73 Å². The van der Waals surface area contributed by atoms with Crippen molar-refractivity contribution in [1.29, 1.82) is 0 Å². The van der Waals surface area contributed by atoms with Gasteiger partial charge < -0.3 is 16.0 Å². The average molecular weight is 345 g/mol. The minimum atomic E-state index is -4.44. The van der Waals surface area contributed by atoms with Crippen molar-refractivity contribution in [3.63, 3.8) is 0 Å². The summed E-state index contributed by atoms with van der Waals surface area (Å²) in [5.41, 5.74) is 4.62. The summed E-state index contributed by atoms with van der Waals surface area (Å²) in [5.74, 6) is -0.927. The molecule has 0 bridgehead atoms. The summed E-state index contributed by atoms with van der Waals surface area (Å²) in [7, 11) is 0. The van der Waals surface area contributed by atoms with E-state index in [-0.39, 0.29) is 18.1 Å². The van der Waals surface area contributed by atoms with Crippen LogP contribution in [0.4, 0.5) is 18.9 Å². The van der Waals surface area contributed by atoms with Crippen LogP contribution in [0.5, 0.6) is 0 Å². The summed E-state index contributed by atoms with van der Waals surface area (Å²) >= 11 is 0. The van der Waals surface area contributed by atoms with Crippen LogP contribution in [0.25, 0.3) is 0 Å². The quantitative estimate of drug-likeness (QED) is 0.881. The van der Waals surface area contributed by atoms with Gasteiger partial charge in [0.25, 0.3) is 0 Å². The smallest absolute Gasteiger partial charge is 0.376 e. The number of nitrogens with zero attached hydrogens (tertiary/aromatic N) is 1. The van der Waals surface area contributed by atoms with Gasteiger partial charge in [-0.3, -0.25) is 9.59 Å². The molecule has 1 atom stereocenters. The molecule has 0 aliphatic carbocycles. The summed E-state index contributed by atoms with van der Waals surface area (Å²) in [6.07, 6.45) is -3.23. The lowest BCUT2D eigenvalue weighted by molar-refractivity contribution is -0.137. The molecular weight excluding hydrogens is 323 g/mol. The van der Waals surface area contributed by atoms with Gasteiger partial charge in [-0.1, -0.05) is 19.9 Å². The van der Waals surface area contributed by atoms with Crippen molar-refractivity contribution in [2.24, 2.45) is 5.73 Å².